The number of hydrogen-bond donors (Lipinski definition) is 2. The van der Waals surface area contributed by atoms with E-state index in [2.05, 4.69) is 5.32 Å². The average Bonchev–Trinajstić information content (AvgIpc) is 2.64. The maximum atomic E-state index is 12.7. The van der Waals surface area contributed by atoms with Gasteiger partial charge >= 0.3 is 5.97 Å². The molecule has 0 aromatic heterocycles. The largest absolute Gasteiger partial charge is 0.489 e. The van der Waals surface area contributed by atoms with E-state index in [1.165, 1.54) is 12.1 Å². The smallest absolute Gasteiger partial charge is 0.326 e. The number of amides is 1. The first kappa shape index (κ1) is 20.0. The second kappa shape index (κ2) is 8.99. The van der Waals surface area contributed by atoms with Crippen LogP contribution in [0, 0.1) is 0 Å². The fourth-order valence-electron chi connectivity index (χ4n) is 2.68. The third-order valence-electron chi connectivity index (χ3n) is 4.06. The van der Waals surface area contributed by atoms with Crippen molar-refractivity contribution < 1.29 is 24.2 Å². The van der Waals surface area contributed by atoms with Gasteiger partial charge in [-0.15, -0.1) is 0 Å². The first-order valence-corrected chi connectivity index (χ1v) is 9.22. The summed E-state index contributed by atoms with van der Waals surface area (Å²) in [6, 6.07) is 8.42. The number of hydrogen-bond acceptors (Lipinski definition) is 4. The predicted octanol–water partition coefficient (Wildman–Crippen LogP) is 3.75. The van der Waals surface area contributed by atoms with Crippen LogP contribution in [0.3, 0.4) is 0 Å². The zero-order valence-electron chi connectivity index (χ0n) is 14.7. The minimum atomic E-state index is -1.16. The Bertz CT molecular complexity index is 929. The number of aliphatic carboxylic acids is 1. The molecule has 6 nitrogen and oxygen atoms in total. The lowest BCUT2D eigenvalue weighted by molar-refractivity contribution is -0.139. The molecule has 0 aliphatic carbocycles. The number of carboxylic acid groups (broad SMARTS) is 1. The van der Waals surface area contributed by atoms with E-state index in [1.807, 2.05) is 0 Å². The second-order valence-electron chi connectivity index (χ2n) is 6.07. The number of halogens is 2. The number of carboxylic acids is 1. The molecule has 4 rings (SSSR count). The molecular weight excluding hydrogens is 405 g/mol. The lowest BCUT2D eigenvalue weighted by Gasteiger charge is -2.17. The van der Waals surface area contributed by atoms with E-state index in [4.69, 9.17) is 32.7 Å². The summed E-state index contributed by atoms with van der Waals surface area (Å²) in [4.78, 5) is 24.4. The van der Waals surface area contributed by atoms with Gasteiger partial charge in [0.25, 0.3) is 5.91 Å². The molecule has 1 amide bonds. The topological polar surface area (TPSA) is 84.9 Å². The van der Waals surface area contributed by atoms with Crippen molar-refractivity contribution in [3.63, 3.8) is 0 Å². The van der Waals surface area contributed by atoms with Crippen LogP contribution in [-0.2, 0) is 11.2 Å². The molecule has 8 heteroatoms. The Labute approximate surface area is 171 Å². The molecule has 2 aromatic rings. The summed E-state index contributed by atoms with van der Waals surface area (Å²) in [5.74, 6) is -0.985. The van der Waals surface area contributed by atoms with Gasteiger partial charge in [0.15, 0.2) is 0 Å². The molecule has 2 heterocycles. The minimum Gasteiger partial charge on any atom is -0.489 e. The van der Waals surface area contributed by atoms with Crippen molar-refractivity contribution in [3.8, 4) is 11.5 Å². The SMILES string of the molecule is O=C1N[C@H](C(=O)O)Cc2ccc(c(Cl)c2)OC/C=C/COc2cc(Cl)ccc21. The maximum Gasteiger partial charge on any atom is 0.326 e. The van der Waals surface area contributed by atoms with Crippen LogP contribution in [0.25, 0.3) is 0 Å². The molecule has 0 fully saturated rings. The molecule has 0 saturated heterocycles. The monoisotopic (exact) mass is 421 g/mol. The zero-order chi connectivity index (χ0) is 20.1. The van der Waals surface area contributed by atoms with E-state index >= 15 is 0 Å². The molecule has 146 valence electrons. The van der Waals surface area contributed by atoms with E-state index in [-0.39, 0.29) is 30.9 Å². The van der Waals surface area contributed by atoms with Gasteiger partial charge in [-0.1, -0.05) is 29.3 Å². The lowest BCUT2D eigenvalue weighted by Crippen LogP contribution is -2.42. The molecule has 2 N–H and O–H groups in total. The van der Waals surface area contributed by atoms with E-state index in [1.54, 1.807) is 36.4 Å². The van der Waals surface area contributed by atoms with Gasteiger partial charge in [0, 0.05) is 11.4 Å². The fourth-order valence-corrected chi connectivity index (χ4v) is 3.09. The third-order valence-corrected chi connectivity index (χ3v) is 4.60. The summed E-state index contributed by atoms with van der Waals surface area (Å²) >= 11 is 12.2. The van der Waals surface area contributed by atoms with E-state index in [9.17, 15) is 14.7 Å². The van der Waals surface area contributed by atoms with Crippen molar-refractivity contribution in [3.05, 3.63) is 69.7 Å². The van der Waals surface area contributed by atoms with Gasteiger partial charge in [-0.25, -0.2) is 4.79 Å². The summed E-state index contributed by atoms with van der Waals surface area (Å²) in [5.41, 5.74) is 0.848. The Kier molecular flexibility index (Phi) is 6.44. The van der Waals surface area contributed by atoms with Crippen LogP contribution in [0.2, 0.25) is 10.0 Å². The van der Waals surface area contributed by atoms with Crippen LogP contribution in [0.15, 0.2) is 48.6 Å². The molecular formula is C20H17Cl2NO5. The maximum absolute atomic E-state index is 12.7. The highest BCUT2D eigenvalue weighted by atomic mass is 35.5. The fraction of sp³-hybridized carbons (Fsp3) is 0.200. The van der Waals surface area contributed by atoms with E-state index in [0.717, 1.165) is 0 Å². The number of carbonyl (C=O) groups is 2. The molecule has 0 saturated carbocycles. The van der Waals surface area contributed by atoms with E-state index in [0.29, 0.717) is 21.4 Å². The number of ether oxygens (including phenoxy) is 2. The highest BCUT2D eigenvalue weighted by molar-refractivity contribution is 6.32. The van der Waals surface area contributed by atoms with Crippen LogP contribution in [0.1, 0.15) is 15.9 Å². The number of fused-ring (bicyclic) bond motifs is 9. The molecule has 2 aliphatic rings. The second-order valence-corrected chi connectivity index (χ2v) is 6.91. The van der Waals surface area contributed by atoms with Gasteiger partial charge in [-0.05, 0) is 48.0 Å². The van der Waals surface area contributed by atoms with Gasteiger partial charge in [0.1, 0.15) is 30.8 Å². The number of benzene rings is 2. The minimum absolute atomic E-state index is 0.0603. The third kappa shape index (κ3) is 4.97. The molecule has 2 aromatic carbocycles. The molecule has 0 unspecified atom stereocenters. The average molecular weight is 422 g/mol. The number of nitrogens with one attached hydrogen (secondary N) is 1. The Morgan fingerprint density at radius 3 is 2.43 bits per heavy atom. The Balaban J connectivity index is 1.95. The molecule has 2 aliphatic heterocycles. The van der Waals surface area contributed by atoms with Gasteiger partial charge < -0.3 is 19.9 Å². The lowest BCUT2D eigenvalue weighted by atomic mass is 10.0. The van der Waals surface area contributed by atoms with Crippen LogP contribution >= 0.6 is 23.2 Å². The van der Waals surface area contributed by atoms with Crippen molar-refractivity contribution in [2.45, 2.75) is 12.5 Å². The van der Waals surface area contributed by atoms with Crippen molar-refractivity contribution in [1.82, 2.24) is 5.32 Å². The van der Waals surface area contributed by atoms with Gasteiger partial charge in [-0.3, -0.25) is 4.79 Å². The van der Waals surface area contributed by atoms with Crippen molar-refractivity contribution in [2.24, 2.45) is 0 Å². The van der Waals surface area contributed by atoms with Gasteiger partial charge in [-0.2, -0.15) is 0 Å². The predicted molar refractivity (Wildman–Crippen MR) is 106 cm³/mol. The quantitative estimate of drug-likeness (QED) is 0.684. The number of rotatable bonds is 1. The molecule has 2 bridgehead atoms. The molecule has 28 heavy (non-hydrogen) atoms. The first-order chi connectivity index (χ1) is 13.4. The van der Waals surface area contributed by atoms with Crippen LogP contribution in [-0.4, -0.2) is 36.2 Å². The molecule has 1 atom stereocenters. The van der Waals surface area contributed by atoms with Crippen molar-refractivity contribution >= 4 is 35.1 Å². The van der Waals surface area contributed by atoms with Crippen LogP contribution in [0.5, 0.6) is 11.5 Å². The Morgan fingerprint density at radius 2 is 1.75 bits per heavy atom. The van der Waals surface area contributed by atoms with Gasteiger partial charge in [0.05, 0.1) is 10.6 Å². The summed E-state index contributed by atoms with van der Waals surface area (Å²) in [6.45, 7) is 0.460. The standard InChI is InChI=1S/C20H17Cl2NO5/c21-13-4-5-14-18(11-13)28-8-2-1-7-27-17-6-3-12(9-15(17)22)10-16(20(25)26)23-19(14)24/h1-6,9,11,16H,7-8,10H2,(H,23,24)(H,25,26)/b2-1+/t16-/m0/s1. The summed E-state index contributed by atoms with van der Waals surface area (Å²) in [7, 11) is 0. The summed E-state index contributed by atoms with van der Waals surface area (Å²) < 4.78 is 11.2. The number of carbonyl (C=O) groups excluding carboxylic acids is 1. The first-order valence-electron chi connectivity index (χ1n) is 8.46. The van der Waals surface area contributed by atoms with Gasteiger partial charge in [0.2, 0.25) is 0 Å². The highest BCUT2D eigenvalue weighted by Gasteiger charge is 2.23. The summed E-state index contributed by atoms with van der Waals surface area (Å²) in [6.07, 6.45) is 3.56. The normalized spacial score (nSPS) is 18.4. The van der Waals surface area contributed by atoms with Crippen molar-refractivity contribution in [1.29, 1.82) is 0 Å². The Hall–Kier alpha value is -2.70. The molecule has 0 spiro atoms. The molecule has 0 radical (unpaired) electrons. The van der Waals surface area contributed by atoms with E-state index < -0.39 is 17.9 Å². The van der Waals surface area contributed by atoms with Crippen LogP contribution in [0.4, 0.5) is 0 Å². The van der Waals surface area contributed by atoms with Crippen molar-refractivity contribution in [2.75, 3.05) is 13.2 Å². The van der Waals surface area contributed by atoms with Crippen LogP contribution < -0.4 is 14.8 Å². The zero-order valence-corrected chi connectivity index (χ0v) is 16.2. The summed E-state index contributed by atoms with van der Waals surface area (Å²) in [5, 5.41) is 12.8. The Morgan fingerprint density at radius 1 is 1.04 bits per heavy atom. The highest BCUT2D eigenvalue weighted by Crippen LogP contribution is 2.27.